The van der Waals surface area contributed by atoms with Gasteiger partial charge in [-0.1, -0.05) is 13.8 Å². The van der Waals surface area contributed by atoms with E-state index < -0.39 is 12.0 Å². The molecule has 14 heavy (non-hydrogen) atoms. The van der Waals surface area contributed by atoms with Crippen molar-refractivity contribution in [3.05, 3.63) is 0 Å². The smallest absolute Gasteiger partial charge is 0.320 e. The fourth-order valence-corrected chi connectivity index (χ4v) is 1.93. The number of carboxylic acids is 1. The van der Waals surface area contributed by atoms with Gasteiger partial charge < -0.3 is 16.2 Å². The molecular weight excluding hydrogens is 180 g/mol. The highest BCUT2D eigenvalue weighted by Crippen LogP contribution is 2.17. The molecule has 82 valence electrons. The highest BCUT2D eigenvalue weighted by molar-refractivity contribution is 5.73. The van der Waals surface area contributed by atoms with Crippen molar-refractivity contribution in [1.82, 2.24) is 5.32 Å². The Morgan fingerprint density at radius 1 is 1.50 bits per heavy atom. The molecule has 1 fully saturated rings. The number of nitrogens with two attached hydrogens (primary N) is 1. The van der Waals surface area contributed by atoms with Gasteiger partial charge in [0.2, 0.25) is 0 Å². The Balaban J connectivity index is 2.51. The van der Waals surface area contributed by atoms with Gasteiger partial charge in [-0.15, -0.1) is 0 Å². The highest BCUT2D eigenvalue weighted by Gasteiger charge is 2.30. The minimum absolute atomic E-state index is 0.0529. The topological polar surface area (TPSA) is 75.4 Å². The third kappa shape index (κ3) is 2.69. The van der Waals surface area contributed by atoms with Gasteiger partial charge in [-0.2, -0.15) is 0 Å². The van der Waals surface area contributed by atoms with Crippen molar-refractivity contribution in [2.75, 3.05) is 0 Å². The van der Waals surface area contributed by atoms with Gasteiger partial charge in [-0.05, 0) is 25.2 Å². The molecule has 4 heteroatoms. The second-order valence-electron chi connectivity index (χ2n) is 4.42. The van der Waals surface area contributed by atoms with Gasteiger partial charge in [0.15, 0.2) is 0 Å². The zero-order valence-electron chi connectivity index (χ0n) is 8.86. The first-order valence-corrected chi connectivity index (χ1v) is 5.26. The fraction of sp³-hybridized carbons (Fsp3) is 0.900. The van der Waals surface area contributed by atoms with Crippen LogP contribution in [0.1, 0.15) is 33.1 Å². The Bertz CT molecular complexity index is 206. The minimum atomic E-state index is -0.759. The molecule has 0 bridgehead atoms. The molecule has 0 spiro atoms. The maximum atomic E-state index is 10.8. The van der Waals surface area contributed by atoms with E-state index in [0.29, 0.717) is 5.92 Å². The van der Waals surface area contributed by atoms with Crippen LogP contribution >= 0.6 is 0 Å². The summed E-state index contributed by atoms with van der Waals surface area (Å²) < 4.78 is 0. The normalized spacial score (nSPS) is 30.3. The van der Waals surface area contributed by atoms with Crippen molar-refractivity contribution in [3.63, 3.8) is 0 Å². The number of aliphatic carboxylic acids is 1. The van der Waals surface area contributed by atoms with Crippen LogP contribution in [0.3, 0.4) is 0 Å². The molecule has 3 unspecified atom stereocenters. The number of carboxylic acid groups (broad SMARTS) is 1. The van der Waals surface area contributed by atoms with E-state index in [2.05, 4.69) is 19.2 Å². The Kier molecular flexibility index (Phi) is 3.89. The van der Waals surface area contributed by atoms with Crippen LogP contribution in [0.5, 0.6) is 0 Å². The molecule has 0 aromatic carbocycles. The highest BCUT2D eigenvalue weighted by atomic mass is 16.4. The lowest BCUT2D eigenvalue weighted by molar-refractivity contribution is -0.140. The van der Waals surface area contributed by atoms with Crippen LogP contribution in [0, 0.1) is 5.92 Å². The van der Waals surface area contributed by atoms with Crippen molar-refractivity contribution in [1.29, 1.82) is 0 Å². The maximum Gasteiger partial charge on any atom is 0.320 e. The second kappa shape index (κ2) is 4.75. The first-order valence-electron chi connectivity index (χ1n) is 5.26. The molecule has 4 N–H and O–H groups in total. The predicted octanol–water partition coefficient (Wildman–Crippen LogP) is 0.565. The lowest BCUT2D eigenvalue weighted by Gasteiger charge is -2.34. The van der Waals surface area contributed by atoms with E-state index in [4.69, 9.17) is 10.8 Å². The lowest BCUT2D eigenvalue weighted by Crippen LogP contribution is -2.55. The van der Waals surface area contributed by atoms with E-state index in [1.54, 1.807) is 0 Å². The molecule has 1 aliphatic heterocycles. The Morgan fingerprint density at radius 3 is 2.64 bits per heavy atom. The van der Waals surface area contributed by atoms with Crippen LogP contribution < -0.4 is 11.1 Å². The van der Waals surface area contributed by atoms with E-state index in [1.165, 1.54) is 0 Å². The molecule has 0 amide bonds. The first-order chi connectivity index (χ1) is 6.52. The summed E-state index contributed by atoms with van der Waals surface area (Å²) in [6, 6.07) is -0.194. The van der Waals surface area contributed by atoms with Crippen molar-refractivity contribution >= 4 is 5.97 Å². The number of hydrogen-bond donors (Lipinski definition) is 3. The van der Waals surface area contributed by atoms with E-state index >= 15 is 0 Å². The van der Waals surface area contributed by atoms with Crippen molar-refractivity contribution in [3.8, 4) is 0 Å². The summed E-state index contributed by atoms with van der Waals surface area (Å²) in [7, 11) is 0. The molecule has 0 aromatic heterocycles. The number of piperidine rings is 1. The Labute approximate surface area is 84.9 Å². The predicted molar refractivity (Wildman–Crippen MR) is 55.0 cm³/mol. The summed E-state index contributed by atoms with van der Waals surface area (Å²) in [5.74, 6) is -0.370. The van der Waals surface area contributed by atoms with Crippen molar-refractivity contribution in [2.24, 2.45) is 11.7 Å². The third-order valence-corrected chi connectivity index (χ3v) is 2.96. The number of nitrogens with one attached hydrogen (secondary N) is 1. The summed E-state index contributed by atoms with van der Waals surface area (Å²) in [5.41, 5.74) is 6.00. The van der Waals surface area contributed by atoms with Crippen molar-refractivity contribution in [2.45, 2.75) is 51.2 Å². The molecule has 1 rings (SSSR count). The summed E-state index contributed by atoms with van der Waals surface area (Å²) >= 11 is 0. The summed E-state index contributed by atoms with van der Waals surface area (Å²) in [6.07, 6.45) is 2.66. The van der Waals surface area contributed by atoms with Gasteiger partial charge in [0.25, 0.3) is 0 Å². The molecule has 0 saturated carbocycles. The zero-order valence-corrected chi connectivity index (χ0v) is 8.86. The first kappa shape index (κ1) is 11.5. The lowest BCUT2D eigenvalue weighted by atomic mass is 9.89. The van der Waals surface area contributed by atoms with E-state index in [0.717, 1.165) is 19.3 Å². The van der Waals surface area contributed by atoms with Crippen LogP contribution in [-0.2, 0) is 4.79 Å². The SMILES string of the molecule is CC(C)C(N)C1CCCC(C(=O)O)N1. The molecule has 0 radical (unpaired) electrons. The molecule has 3 atom stereocenters. The van der Waals surface area contributed by atoms with Crippen molar-refractivity contribution < 1.29 is 9.90 Å². The van der Waals surface area contributed by atoms with E-state index in [9.17, 15) is 4.79 Å². The standard InChI is InChI=1S/C10H20N2O2/c1-6(2)9(11)7-4-3-5-8(12-7)10(13)14/h6-9,12H,3-5,11H2,1-2H3,(H,13,14). The molecule has 1 saturated heterocycles. The van der Waals surface area contributed by atoms with Gasteiger partial charge >= 0.3 is 5.97 Å². The van der Waals surface area contributed by atoms with Gasteiger partial charge in [-0.25, -0.2) is 0 Å². The Hall–Kier alpha value is -0.610. The van der Waals surface area contributed by atoms with E-state index in [1.807, 2.05) is 0 Å². The van der Waals surface area contributed by atoms with Crippen LogP contribution in [0.25, 0.3) is 0 Å². The fourth-order valence-electron chi connectivity index (χ4n) is 1.93. The number of carbonyl (C=O) groups is 1. The quantitative estimate of drug-likeness (QED) is 0.622. The molecule has 0 aliphatic carbocycles. The van der Waals surface area contributed by atoms with Crippen LogP contribution in [0.4, 0.5) is 0 Å². The second-order valence-corrected chi connectivity index (χ2v) is 4.42. The van der Waals surface area contributed by atoms with Crippen LogP contribution in [0.15, 0.2) is 0 Å². The van der Waals surface area contributed by atoms with Gasteiger partial charge in [0.1, 0.15) is 6.04 Å². The summed E-state index contributed by atoms with van der Waals surface area (Å²) in [4.78, 5) is 10.8. The summed E-state index contributed by atoms with van der Waals surface area (Å²) in [5, 5.41) is 12.0. The molecular formula is C10H20N2O2. The molecule has 1 heterocycles. The molecule has 0 aromatic rings. The maximum absolute atomic E-state index is 10.8. The number of hydrogen-bond acceptors (Lipinski definition) is 3. The zero-order chi connectivity index (χ0) is 10.7. The largest absolute Gasteiger partial charge is 0.480 e. The molecule has 4 nitrogen and oxygen atoms in total. The number of rotatable bonds is 3. The van der Waals surface area contributed by atoms with Gasteiger partial charge in [0.05, 0.1) is 0 Å². The van der Waals surface area contributed by atoms with E-state index in [-0.39, 0.29) is 12.1 Å². The molecule has 1 aliphatic rings. The average molecular weight is 200 g/mol. The van der Waals surface area contributed by atoms with Gasteiger partial charge in [-0.3, -0.25) is 4.79 Å². The minimum Gasteiger partial charge on any atom is -0.480 e. The Morgan fingerprint density at radius 2 is 2.14 bits per heavy atom. The third-order valence-electron chi connectivity index (χ3n) is 2.96. The van der Waals surface area contributed by atoms with Crippen LogP contribution in [0.2, 0.25) is 0 Å². The van der Waals surface area contributed by atoms with Gasteiger partial charge in [0, 0.05) is 12.1 Å². The monoisotopic (exact) mass is 200 g/mol. The average Bonchev–Trinajstić information content (AvgIpc) is 2.16. The van der Waals surface area contributed by atoms with Crippen LogP contribution in [-0.4, -0.2) is 29.2 Å². The summed E-state index contributed by atoms with van der Waals surface area (Å²) in [6.45, 7) is 4.13.